The molecule has 2 amide bonds. The van der Waals surface area contributed by atoms with Crippen LogP contribution in [0.15, 0.2) is 34.3 Å². The zero-order valence-electron chi connectivity index (χ0n) is 15.5. The van der Waals surface area contributed by atoms with Gasteiger partial charge in [-0.2, -0.15) is 0 Å². The molecule has 1 aliphatic rings. The SMILES string of the molecule is CC1=C(C(=O)NCC(O)CNC(=O)c2ccc[nH]c2=O)C(C)(C)CCC1. The van der Waals surface area contributed by atoms with Gasteiger partial charge in [0.15, 0.2) is 0 Å². The molecule has 1 atom stereocenters. The van der Waals surface area contributed by atoms with Crippen LogP contribution in [0.2, 0.25) is 0 Å². The number of nitrogens with one attached hydrogen (secondary N) is 3. The fourth-order valence-corrected chi connectivity index (χ4v) is 3.40. The van der Waals surface area contributed by atoms with E-state index in [4.69, 9.17) is 0 Å². The monoisotopic (exact) mass is 361 g/mol. The normalized spacial score (nSPS) is 17.5. The molecule has 0 aliphatic heterocycles. The van der Waals surface area contributed by atoms with Crippen LogP contribution in [-0.2, 0) is 4.79 Å². The number of rotatable bonds is 6. The largest absolute Gasteiger partial charge is 0.389 e. The lowest BCUT2D eigenvalue weighted by molar-refractivity contribution is -0.119. The Kier molecular flexibility index (Phi) is 6.37. The third-order valence-corrected chi connectivity index (χ3v) is 4.74. The molecule has 0 spiro atoms. The van der Waals surface area contributed by atoms with Gasteiger partial charge in [0.25, 0.3) is 11.5 Å². The first-order valence-corrected chi connectivity index (χ1v) is 8.85. The summed E-state index contributed by atoms with van der Waals surface area (Å²) in [5.74, 6) is -0.735. The first-order chi connectivity index (χ1) is 12.2. The van der Waals surface area contributed by atoms with Crippen LogP contribution < -0.4 is 16.2 Å². The Morgan fingerprint density at radius 1 is 1.27 bits per heavy atom. The fourth-order valence-electron chi connectivity index (χ4n) is 3.40. The quantitative estimate of drug-likeness (QED) is 0.608. The van der Waals surface area contributed by atoms with Crippen molar-refractivity contribution in [2.75, 3.05) is 13.1 Å². The van der Waals surface area contributed by atoms with Crippen molar-refractivity contribution in [1.29, 1.82) is 0 Å². The van der Waals surface area contributed by atoms with E-state index in [-0.39, 0.29) is 30.0 Å². The van der Waals surface area contributed by atoms with E-state index in [9.17, 15) is 19.5 Å². The topological polar surface area (TPSA) is 111 Å². The summed E-state index contributed by atoms with van der Waals surface area (Å²) in [5.41, 5.74) is 1.18. The van der Waals surface area contributed by atoms with Gasteiger partial charge in [0, 0.05) is 24.9 Å². The average Bonchev–Trinajstić information content (AvgIpc) is 2.57. The van der Waals surface area contributed by atoms with Gasteiger partial charge in [0.1, 0.15) is 5.56 Å². The smallest absolute Gasteiger partial charge is 0.260 e. The number of aliphatic hydroxyl groups is 1. The molecule has 1 aromatic rings. The van der Waals surface area contributed by atoms with E-state index in [0.29, 0.717) is 0 Å². The molecule has 26 heavy (non-hydrogen) atoms. The number of aromatic nitrogens is 1. The molecule has 0 aromatic carbocycles. The van der Waals surface area contributed by atoms with E-state index in [1.54, 1.807) is 6.07 Å². The summed E-state index contributed by atoms with van der Waals surface area (Å²) in [6.45, 7) is 6.05. The molecule has 2 rings (SSSR count). The average molecular weight is 361 g/mol. The van der Waals surface area contributed by atoms with Crippen molar-refractivity contribution in [3.63, 3.8) is 0 Å². The van der Waals surface area contributed by atoms with E-state index < -0.39 is 17.6 Å². The summed E-state index contributed by atoms with van der Waals surface area (Å²) in [4.78, 5) is 38.4. The van der Waals surface area contributed by atoms with Crippen LogP contribution in [0, 0.1) is 5.41 Å². The highest BCUT2D eigenvalue weighted by molar-refractivity contribution is 5.95. The lowest BCUT2D eigenvalue weighted by Gasteiger charge is -2.33. The second-order valence-electron chi connectivity index (χ2n) is 7.38. The maximum atomic E-state index is 12.5. The Bertz CT molecular complexity index is 764. The summed E-state index contributed by atoms with van der Waals surface area (Å²) < 4.78 is 0. The van der Waals surface area contributed by atoms with Crippen molar-refractivity contribution in [3.8, 4) is 0 Å². The van der Waals surface area contributed by atoms with E-state index >= 15 is 0 Å². The fraction of sp³-hybridized carbons (Fsp3) is 0.526. The molecule has 7 nitrogen and oxygen atoms in total. The van der Waals surface area contributed by atoms with Crippen LogP contribution in [0.5, 0.6) is 0 Å². The Labute approximate surface area is 152 Å². The van der Waals surface area contributed by atoms with Crippen molar-refractivity contribution in [2.24, 2.45) is 5.41 Å². The number of hydrogen-bond acceptors (Lipinski definition) is 4. The van der Waals surface area contributed by atoms with Crippen LogP contribution >= 0.6 is 0 Å². The van der Waals surface area contributed by atoms with Crippen molar-refractivity contribution in [2.45, 2.75) is 46.1 Å². The number of pyridine rings is 1. The molecule has 1 heterocycles. The van der Waals surface area contributed by atoms with Crippen molar-refractivity contribution >= 4 is 11.8 Å². The predicted octanol–water partition coefficient (Wildman–Crippen LogP) is 1.11. The zero-order valence-corrected chi connectivity index (χ0v) is 15.5. The molecular formula is C19H27N3O4. The van der Waals surface area contributed by atoms with Gasteiger partial charge in [-0.05, 0) is 43.7 Å². The molecule has 1 aromatic heterocycles. The Morgan fingerprint density at radius 2 is 1.92 bits per heavy atom. The molecule has 0 saturated heterocycles. The number of aromatic amines is 1. The van der Waals surface area contributed by atoms with E-state index in [0.717, 1.165) is 30.4 Å². The Morgan fingerprint density at radius 3 is 2.54 bits per heavy atom. The number of carbonyl (C=O) groups excluding carboxylic acids is 2. The van der Waals surface area contributed by atoms with Crippen LogP contribution in [0.4, 0.5) is 0 Å². The summed E-state index contributed by atoms with van der Waals surface area (Å²) in [5, 5.41) is 15.3. The van der Waals surface area contributed by atoms with Gasteiger partial charge in [0.05, 0.1) is 6.10 Å². The molecule has 4 N–H and O–H groups in total. The number of carbonyl (C=O) groups is 2. The number of amides is 2. The van der Waals surface area contributed by atoms with Crippen LogP contribution in [0.25, 0.3) is 0 Å². The predicted molar refractivity (Wildman–Crippen MR) is 98.7 cm³/mol. The third kappa shape index (κ3) is 4.82. The molecule has 0 saturated carbocycles. The molecule has 1 unspecified atom stereocenters. The van der Waals surface area contributed by atoms with Crippen LogP contribution in [0.1, 0.15) is 50.4 Å². The van der Waals surface area contributed by atoms with Gasteiger partial charge in [-0.1, -0.05) is 19.4 Å². The van der Waals surface area contributed by atoms with Crippen LogP contribution in [-0.4, -0.2) is 41.1 Å². The number of aliphatic hydroxyl groups excluding tert-OH is 1. The highest BCUT2D eigenvalue weighted by atomic mass is 16.3. The lowest BCUT2D eigenvalue weighted by atomic mass is 9.72. The van der Waals surface area contributed by atoms with Gasteiger partial charge >= 0.3 is 0 Å². The molecule has 1 aliphatic carbocycles. The molecule has 142 valence electrons. The van der Waals surface area contributed by atoms with E-state index in [1.807, 2.05) is 6.92 Å². The van der Waals surface area contributed by atoms with E-state index in [2.05, 4.69) is 29.5 Å². The van der Waals surface area contributed by atoms with Crippen LogP contribution in [0.3, 0.4) is 0 Å². The van der Waals surface area contributed by atoms with Gasteiger partial charge in [-0.3, -0.25) is 14.4 Å². The minimum Gasteiger partial charge on any atom is -0.389 e. The molecule has 7 heteroatoms. The first kappa shape index (κ1) is 19.9. The molecule has 0 radical (unpaired) electrons. The summed E-state index contributed by atoms with van der Waals surface area (Å²) in [7, 11) is 0. The van der Waals surface area contributed by atoms with E-state index in [1.165, 1.54) is 12.3 Å². The van der Waals surface area contributed by atoms with Gasteiger partial charge in [-0.15, -0.1) is 0 Å². The second-order valence-corrected chi connectivity index (χ2v) is 7.38. The van der Waals surface area contributed by atoms with Gasteiger partial charge in [-0.25, -0.2) is 0 Å². The Balaban J connectivity index is 1.86. The molecule has 0 fully saturated rings. The number of allylic oxidation sites excluding steroid dienone is 1. The maximum absolute atomic E-state index is 12.5. The summed E-state index contributed by atoms with van der Waals surface area (Å²) >= 11 is 0. The second kappa shape index (κ2) is 8.31. The maximum Gasteiger partial charge on any atom is 0.260 e. The number of H-pyrrole nitrogens is 1. The van der Waals surface area contributed by atoms with Gasteiger partial charge < -0.3 is 20.7 Å². The standard InChI is InChI=1S/C19H27N3O4/c1-12-6-4-8-19(2,3)15(12)18(26)22-11-13(23)10-21-17(25)14-7-5-9-20-16(14)24/h5,7,9,13,23H,4,6,8,10-11H2,1-3H3,(H,20,24)(H,21,25)(H,22,26). The van der Waals surface area contributed by atoms with Crippen molar-refractivity contribution in [1.82, 2.24) is 15.6 Å². The van der Waals surface area contributed by atoms with Gasteiger partial charge in [0.2, 0.25) is 5.91 Å². The van der Waals surface area contributed by atoms with Crippen molar-refractivity contribution < 1.29 is 14.7 Å². The summed E-state index contributed by atoms with van der Waals surface area (Å²) in [6.07, 6.45) is 3.43. The molecular weight excluding hydrogens is 334 g/mol. The lowest BCUT2D eigenvalue weighted by Crippen LogP contribution is -2.43. The minimum absolute atomic E-state index is 0.0199. The number of hydrogen-bond donors (Lipinski definition) is 4. The highest BCUT2D eigenvalue weighted by Crippen LogP contribution is 2.39. The van der Waals surface area contributed by atoms with Crippen molar-refractivity contribution in [3.05, 3.63) is 45.4 Å². The molecule has 0 bridgehead atoms. The Hall–Kier alpha value is -2.41. The zero-order chi connectivity index (χ0) is 19.3. The first-order valence-electron chi connectivity index (χ1n) is 8.85. The summed E-state index contributed by atoms with van der Waals surface area (Å²) in [6, 6.07) is 2.96. The third-order valence-electron chi connectivity index (χ3n) is 4.74. The highest BCUT2D eigenvalue weighted by Gasteiger charge is 2.33. The minimum atomic E-state index is -0.946.